The molecule has 0 saturated carbocycles. The molecular formula is C27H27ClFN5O2. The summed E-state index contributed by atoms with van der Waals surface area (Å²) in [7, 11) is 0. The normalized spacial score (nSPS) is 18.9. The largest absolute Gasteiger partial charge is 0.379 e. The maximum atomic E-state index is 13.7. The lowest BCUT2D eigenvalue weighted by Crippen LogP contribution is -2.44. The lowest BCUT2D eigenvalue weighted by Gasteiger charge is -2.32. The highest BCUT2D eigenvalue weighted by Crippen LogP contribution is 2.33. The topological polar surface area (TPSA) is 72.3 Å². The van der Waals surface area contributed by atoms with Crippen LogP contribution in [0.5, 0.6) is 0 Å². The third-order valence-electron chi connectivity index (χ3n) is 7.21. The first kappa shape index (κ1) is 23.2. The van der Waals surface area contributed by atoms with E-state index in [0.29, 0.717) is 42.7 Å². The van der Waals surface area contributed by atoms with Crippen LogP contribution in [0.1, 0.15) is 24.8 Å². The van der Waals surface area contributed by atoms with E-state index in [1.54, 1.807) is 6.07 Å². The van der Waals surface area contributed by atoms with Crippen LogP contribution in [0.4, 0.5) is 10.3 Å². The van der Waals surface area contributed by atoms with Crippen LogP contribution in [-0.2, 0) is 9.53 Å². The monoisotopic (exact) mass is 507 g/mol. The summed E-state index contributed by atoms with van der Waals surface area (Å²) in [6.45, 7) is 4.67. The van der Waals surface area contributed by atoms with E-state index in [4.69, 9.17) is 26.3 Å². The molecule has 2 aliphatic rings. The quantitative estimate of drug-likeness (QED) is 0.430. The van der Waals surface area contributed by atoms with Crippen molar-refractivity contribution >= 4 is 45.4 Å². The van der Waals surface area contributed by atoms with Crippen molar-refractivity contribution in [3.63, 3.8) is 0 Å². The van der Waals surface area contributed by atoms with Crippen LogP contribution in [-0.4, -0.2) is 52.8 Å². The summed E-state index contributed by atoms with van der Waals surface area (Å²) in [5.74, 6) is 1.26. The van der Waals surface area contributed by atoms with Gasteiger partial charge in [-0.1, -0.05) is 11.6 Å². The van der Waals surface area contributed by atoms with Crippen LogP contribution < -0.4 is 10.2 Å². The van der Waals surface area contributed by atoms with Gasteiger partial charge in [0.05, 0.1) is 29.2 Å². The van der Waals surface area contributed by atoms with Gasteiger partial charge in [0.25, 0.3) is 0 Å². The molecule has 1 N–H and O–H groups in total. The van der Waals surface area contributed by atoms with Crippen molar-refractivity contribution in [1.82, 2.24) is 19.9 Å². The van der Waals surface area contributed by atoms with Crippen LogP contribution in [0, 0.1) is 18.7 Å². The van der Waals surface area contributed by atoms with Gasteiger partial charge in [-0.25, -0.2) is 14.4 Å². The van der Waals surface area contributed by atoms with Crippen LogP contribution in [0.25, 0.3) is 27.8 Å². The van der Waals surface area contributed by atoms with Gasteiger partial charge in [-0.3, -0.25) is 9.36 Å². The molecular weight excluding hydrogens is 481 g/mol. The summed E-state index contributed by atoms with van der Waals surface area (Å²) >= 11 is 6.51. The number of hydrogen-bond donors (Lipinski definition) is 1. The molecule has 4 heterocycles. The first-order valence-corrected chi connectivity index (χ1v) is 12.7. The first-order valence-electron chi connectivity index (χ1n) is 12.3. The lowest BCUT2D eigenvalue weighted by molar-refractivity contribution is -0.126. The van der Waals surface area contributed by atoms with Crippen molar-refractivity contribution in [2.75, 3.05) is 31.2 Å². The van der Waals surface area contributed by atoms with Crippen molar-refractivity contribution in [3.05, 3.63) is 58.9 Å². The van der Waals surface area contributed by atoms with Gasteiger partial charge < -0.3 is 15.0 Å². The van der Waals surface area contributed by atoms with Crippen molar-refractivity contribution in [2.45, 2.75) is 32.2 Å². The number of aromatic nitrogens is 3. The minimum atomic E-state index is -0.291. The highest BCUT2D eigenvalue weighted by atomic mass is 35.5. The highest BCUT2D eigenvalue weighted by molar-refractivity contribution is 6.32. The van der Waals surface area contributed by atoms with Crippen molar-refractivity contribution in [3.8, 4) is 5.82 Å². The number of fused-ring (bicyclic) bond motifs is 2. The molecule has 1 unspecified atom stereocenters. The van der Waals surface area contributed by atoms with Gasteiger partial charge in [0.2, 0.25) is 11.9 Å². The number of piperidine rings is 1. The van der Waals surface area contributed by atoms with E-state index in [1.807, 2.05) is 35.8 Å². The molecule has 0 spiro atoms. The number of halogens is 2. The summed E-state index contributed by atoms with van der Waals surface area (Å²) in [4.78, 5) is 24.8. The Kier molecular flexibility index (Phi) is 6.01. The number of ether oxygens (including phenoxy) is 1. The number of benzene rings is 2. The Morgan fingerprint density at radius 3 is 2.69 bits per heavy atom. The van der Waals surface area contributed by atoms with Crippen LogP contribution >= 0.6 is 11.6 Å². The van der Waals surface area contributed by atoms with E-state index < -0.39 is 0 Å². The molecule has 186 valence electrons. The van der Waals surface area contributed by atoms with Crippen molar-refractivity contribution in [2.24, 2.45) is 5.92 Å². The SMILES string of the molecule is Cc1cc2nc(N3CCC(C(=O)NC4CCOC4)CC3)n(-c3ccc4cc(F)ccc4n3)c2cc1Cl. The smallest absolute Gasteiger partial charge is 0.223 e. The molecule has 2 saturated heterocycles. The number of imidazole rings is 1. The number of rotatable bonds is 4. The van der Waals surface area contributed by atoms with E-state index in [0.717, 1.165) is 47.2 Å². The molecule has 1 amide bonds. The van der Waals surface area contributed by atoms with Gasteiger partial charge in [0, 0.05) is 36.0 Å². The fourth-order valence-electron chi connectivity index (χ4n) is 5.15. The number of aryl methyl sites for hydroxylation is 1. The van der Waals surface area contributed by atoms with E-state index in [2.05, 4.69) is 10.2 Å². The Morgan fingerprint density at radius 2 is 1.92 bits per heavy atom. The zero-order chi connectivity index (χ0) is 24.8. The Hall–Kier alpha value is -3.23. The number of nitrogens with zero attached hydrogens (tertiary/aromatic N) is 4. The zero-order valence-electron chi connectivity index (χ0n) is 20.0. The van der Waals surface area contributed by atoms with Gasteiger partial charge in [0.15, 0.2) is 0 Å². The molecule has 6 rings (SSSR count). The predicted molar refractivity (Wildman–Crippen MR) is 138 cm³/mol. The number of amides is 1. The maximum absolute atomic E-state index is 13.7. The standard InChI is InChI=1S/C27H27ClFN5O2/c1-16-12-23-24(14-21(16)28)34(25-5-2-18-13-19(29)3-4-22(18)31-25)27(32-23)33-9-6-17(7-10-33)26(35)30-20-8-11-36-15-20/h2-5,12-14,17,20H,6-11,15H2,1H3,(H,30,35). The zero-order valence-corrected chi connectivity index (χ0v) is 20.8. The number of pyridine rings is 1. The van der Waals surface area contributed by atoms with E-state index >= 15 is 0 Å². The molecule has 0 bridgehead atoms. The second-order valence-corrected chi connectivity index (χ2v) is 10.1. The number of anilines is 1. The van der Waals surface area contributed by atoms with Gasteiger partial charge in [-0.15, -0.1) is 0 Å². The summed E-state index contributed by atoms with van der Waals surface area (Å²) in [5.41, 5.74) is 3.34. The average molecular weight is 508 g/mol. The lowest BCUT2D eigenvalue weighted by atomic mass is 9.95. The minimum absolute atomic E-state index is 0.0231. The molecule has 2 aliphatic heterocycles. The van der Waals surface area contributed by atoms with Gasteiger partial charge in [-0.2, -0.15) is 0 Å². The van der Waals surface area contributed by atoms with E-state index in [1.165, 1.54) is 12.1 Å². The maximum Gasteiger partial charge on any atom is 0.223 e. The van der Waals surface area contributed by atoms with Crippen LogP contribution in [0.2, 0.25) is 5.02 Å². The summed E-state index contributed by atoms with van der Waals surface area (Å²) in [5, 5.41) is 4.53. The predicted octanol–water partition coefficient (Wildman–Crippen LogP) is 4.80. The molecule has 2 aromatic heterocycles. The summed E-state index contributed by atoms with van der Waals surface area (Å²) < 4.78 is 21.1. The fourth-order valence-corrected chi connectivity index (χ4v) is 5.31. The molecule has 2 aromatic carbocycles. The number of carbonyl (C=O) groups excluding carboxylic acids is 1. The first-order chi connectivity index (χ1) is 17.5. The molecule has 7 nitrogen and oxygen atoms in total. The second-order valence-electron chi connectivity index (χ2n) is 9.67. The highest BCUT2D eigenvalue weighted by Gasteiger charge is 2.30. The van der Waals surface area contributed by atoms with Crippen molar-refractivity contribution < 1.29 is 13.9 Å². The minimum Gasteiger partial charge on any atom is -0.379 e. The molecule has 36 heavy (non-hydrogen) atoms. The molecule has 1 atom stereocenters. The van der Waals surface area contributed by atoms with Gasteiger partial charge in [0.1, 0.15) is 11.6 Å². The molecule has 2 fully saturated rings. The van der Waals surface area contributed by atoms with E-state index in [9.17, 15) is 9.18 Å². The van der Waals surface area contributed by atoms with Gasteiger partial charge in [-0.05, 0) is 74.2 Å². The number of hydrogen-bond acceptors (Lipinski definition) is 5. The fraction of sp³-hybridized carbons (Fsp3) is 0.370. The van der Waals surface area contributed by atoms with Crippen LogP contribution in [0.3, 0.4) is 0 Å². The molecule has 0 radical (unpaired) electrons. The second kappa shape index (κ2) is 9.33. The van der Waals surface area contributed by atoms with E-state index in [-0.39, 0.29) is 23.7 Å². The number of nitrogens with one attached hydrogen (secondary N) is 1. The van der Waals surface area contributed by atoms with Crippen LogP contribution in [0.15, 0.2) is 42.5 Å². The summed E-state index contributed by atoms with van der Waals surface area (Å²) in [6.07, 6.45) is 2.36. The Balaban J connectivity index is 1.33. The third kappa shape index (κ3) is 4.29. The molecule has 0 aliphatic carbocycles. The number of carbonyl (C=O) groups is 1. The Bertz CT molecular complexity index is 1460. The summed E-state index contributed by atoms with van der Waals surface area (Å²) in [6, 6.07) is 12.4. The Labute approximate surface area is 213 Å². The van der Waals surface area contributed by atoms with Gasteiger partial charge >= 0.3 is 0 Å². The molecule has 9 heteroatoms. The third-order valence-corrected chi connectivity index (χ3v) is 7.61. The average Bonchev–Trinajstić information content (AvgIpc) is 3.52. The molecule has 4 aromatic rings. The Morgan fingerprint density at radius 1 is 1.08 bits per heavy atom. The van der Waals surface area contributed by atoms with Crippen molar-refractivity contribution in [1.29, 1.82) is 0 Å².